The lowest BCUT2D eigenvalue weighted by Gasteiger charge is -2.27. The quantitative estimate of drug-likeness (QED) is 0.142. The van der Waals surface area contributed by atoms with Crippen molar-refractivity contribution in [3.05, 3.63) is 261 Å². The summed E-state index contributed by atoms with van der Waals surface area (Å²) >= 11 is 0. The molecule has 0 radical (unpaired) electrons. The molecule has 1 aromatic heterocycles. The molecule has 0 aliphatic heterocycles. The zero-order valence-electron chi connectivity index (χ0n) is 37.2. The average Bonchev–Trinajstić information content (AvgIpc) is 3.80. The Morgan fingerprint density at radius 1 is 0.250 bits per heavy atom. The number of nitrogens with zero attached hydrogens (tertiary/aromatic N) is 1. The molecule has 1 heterocycles. The molecule has 68 heavy (non-hydrogen) atoms. The topological polar surface area (TPSA) is 16.4 Å². The Morgan fingerprint density at radius 3 is 1.53 bits per heavy atom. The van der Waals surface area contributed by atoms with Crippen LogP contribution in [-0.4, -0.2) is 0 Å². The Morgan fingerprint density at radius 2 is 0.765 bits per heavy atom. The van der Waals surface area contributed by atoms with E-state index < -0.39 is 0 Å². The standard InChI is InChI=1S/C66H43NO/c1-3-17-46(18-4-1)64-60-28-10-9-26-57(60)58-39-36-51(43-62(58)65(64)47-19-5-2-6-20-47)45-34-37-53(38-35-45)67(54-24-13-22-49(41-54)50-33-32-44-16-7-8-21-48(44)40-50)55-25-14-23-52(42-55)56-29-15-30-61-59-27-11-12-31-63(59)68-66(56)61/h1-43H. The smallest absolute Gasteiger partial charge is 0.143 e. The summed E-state index contributed by atoms with van der Waals surface area (Å²) in [5, 5.41) is 9.69. The van der Waals surface area contributed by atoms with E-state index in [-0.39, 0.29) is 0 Å². The van der Waals surface area contributed by atoms with Crippen molar-refractivity contribution in [1.29, 1.82) is 0 Å². The number of furan rings is 1. The molecule has 0 aliphatic carbocycles. The van der Waals surface area contributed by atoms with E-state index in [0.717, 1.165) is 61.3 Å². The van der Waals surface area contributed by atoms with Crippen LogP contribution >= 0.6 is 0 Å². The van der Waals surface area contributed by atoms with E-state index in [1.807, 2.05) is 12.1 Å². The monoisotopic (exact) mass is 865 g/mol. The molecule has 0 N–H and O–H groups in total. The van der Waals surface area contributed by atoms with E-state index in [2.05, 4.69) is 254 Å². The van der Waals surface area contributed by atoms with Crippen LogP contribution in [-0.2, 0) is 0 Å². The van der Waals surface area contributed by atoms with Gasteiger partial charge in [0.25, 0.3) is 0 Å². The lowest BCUT2D eigenvalue weighted by atomic mass is 9.84. The Bertz CT molecular complexity index is 4020. The van der Waals surface area contributed by atoms with Crippen LogP contribution in [0.1, 0.15) is 0 Å². The first-order chi connectivity index (χ1) is 33.7. The summed E-state index contributed by atoms with van der Waals surface area (Å²) in [4.78, 5) is 2.38. The molecule has 2 heteroatoms. The maximum absolute atomic E-state index is 6.55. The van der Waals surface area contributed by atoms with Gasteiger partial charge >= 0.3 is 0 Å². The first-order valence-corrected chi connectivity index (χ1v) is 23.3. The summed E-state index contributed by atoms with van der Waals surface area (Å²) in [6.07, 6.45) is 0. The molecule has 0 fully saturated rings. The highest BCUT2D eigenvalue weighted by Gasteiger charge is 2.20. The van der Waals surface area contributed by atoms with Crippen LogP contribution in [0.5, 0.6) is 0 Å². The minimum Gasteiger partial charge on any atom is -0.455 e. The highest BCUT2D eigenvalue weighted by molar-refractivity contribution is 6.22. The molecule has 13 rings (SSSR count). The third kappa shape index (κ3) is 6.82. The largest absolute Gasteiger partial charge is 0.455 e. The number of fused-ring (bicyclic) bond motifs is 7. The van der Waals surface area contributed by atoms with Crippen molar-refractivity contribution < 1.29 is 4.42 Å². The fourth-order valence-corrected chi connectivity index (χ4v) is 10.4. The van der Waals surface area contributed by atoms with Gasteiger partial charge < -0.3 is 9.32 Å². The Balaban J connectivity index is 0.961. The van der Waals surface area contributed by atoms with Gasteiger partial charge in [-0.2, -0.15) is 0 Å². The van der Waals surface area contributed by atoms with Gasteiger partial charge in [0.15, 0.2) is 0 Å². The first kappa shape index (κ1) is 39.4. The number of hydrogen-bond donors (Lipinski definition) is 0. The van der Waals surface area contributed by atoms with E-state index in [9.17, 15) is 0 Å². The van der Waals surface area contributed by atoms with Gasteiger partial charge in [0.1, 0.15) is 11.2 Å². The molecule has 0 bridgehead atoms. The zero-order valence-corrected chi connectivity index (χ0v) is 37.2. The normalized spacial score (nSPS) is 11.5. The number of anilines is 3. The Labute approximate surface area is 395 Å². The van der Waals surface area contributed by atoms with Gasteiger partial charge in [-0.05, 0) is 137 Å². The minimum absolute atomic E-state index is 0.894. The van der Waals surface area contributed by atoms with Crippen LogP contribution < -0.4 is 4.90 Å². The first-order valence-electron chi connectivity index (χ1n) is 23.3. The third-order valence-electron chi connectivity index (χ3n) is 13.6. The summed E-state index contributed by atoms with van der Waals surface area (Å²) in [5.41, 5.74) is 16.7. The summed E-state index contributed by atoms with van der Waals surface area (Å²) in [6, 6.07) is 94.5. The number of benzene rings is 12. The van der Waals surface area contributed by atoms with Gasteiger partial charge in [0, 0.05) is 33.4 Å². The SMILES string of the molecule is c1ccc(-c2c(-c3ccccc3)c3cc(-c4ccc(N(c5cccc(-c6ccc7ccccc7c6)c5)c5cccc(-c6cccc7c6oc6ccccc67)c5)cc4)ccc3c3ccccc23)cc1. The van der Waals surface area contributed by atoms with Crippen molar-refractivity contribution in [2.75, 3.05) is 4.90 Å². The summed E-state index contributed by atoms with van der Waals surface area (Å²) in [7, 11) is 0. The van der Waals surface area contributed by atoms with Gasteiger partial charge in [0.05, 0.1) is 0 Å². The molecule has 0 unspecified atom stereocenters. The minimum atomic E-state index is 0.894. The Kier molecular flexibility index (Phi) is 9.54. The second-order valence-electron chi connectivity index (χ2n) is 17.6. The van der Waals surface area contributed by atoms with Gasteiger partial charge in [-0.3, -0.25) is 0 Å². The lowest BCUT2D eigenvalue weighted by molar-refractivity contribution is 0.670. The zero-order chi connectivity index (χ0) is 45.0. The average molecular weight is 866 g/mol. The van der Waals surface area contributed by atoms with E-state index in [0.29, 0.717) is 0 Å². The fraction of sp³-hybridized carbons (Fsp3) is 0. The molecule has 2 nitrogen and oxygen atoms in total. The predicted molar refractivity (Wildman–Crippen MR) is 288 cm³/mol. The summed E-state index contributed by atoms with van der Waals surface area (Å²) in [6.45, 7) is 0. The second kappa shape index (κ2) is 16.5. The van der Waals surface area contributed by atoms with Gasteiger partial charge in [0.2, 0.25) is 0 Å². The highest BCUT2D eigenvalue weighted by atomic mass is 16.3. The van der Waals surface area contributed by atoms with Crippen molar-refractivity contribution in [1.82, 2.24) is 0 Å². The molecule has 0 spiro atoms. The van der Waals surface area contributed by atoms with Crippen molar-refractivity contribution >= 4 is 71.3 Å². The third-order valence-corrected chi connectivity index (χ3v) is 13.6. The van der Waals surface area contributed by atoms with E-state index in [1.165, 1.54) is 65.7 Å². The number of hydrogen-bond acceptors (Lipinski definition) is 2. The molecule has 0 aliphatic rings. The molecule has 13 aromatic rings. The van der Waals surface area contributed by atoms with Crippen molar-refractivity contribution in [2.45, 2.75) is 0 Å². The maximum Gasteiger partial charge on any atom is 0.143 e. The van der Waals surface area contributed by atoms with Crippen LogP contribution in [0.3, 0.4) is 0 Å². The maximum atomic E-state index is 6.55. The fourth-order valence-electron chi connectivity index (χ4n) is 10.4. The molecule has 0 amide bonds. The summed E-state index contributed by atoms with van der Waals surface area (Å²) in [5.74, 6) is 0. The second-order valence-corrected chi connectivity index (χ2v) is 17.6. The van der Waals surface area contributed by atoms with E-state index in [4.69, 9.17) is 4.42 Å². The van der Waals surface area contributed by atoms with Crippen molar-refractivity contribution in [3.8, 4) is 55.6 Å². The Hall–Kier alpha value is -8.98. The molecule has 0 atom stereocenters. The van der Waals surface area contributed by atoms with Crippen molar-refractivity contribution in [2.24, 2.45) is 0 Å². The van der Waals surface area contributed by atoms with E-state index >= 15 is 0 Å². The lowest BCUT2D eigenvalue weighted by Crippen LogP contribution is -2.10. The number of para-hydroxylation sites is 2. The van der Waals surface area contributed by atoms with Crippen molar-refractivity contribution in [3.63, 3.8) is 0 Å². The van der Waals surface area contributed by atoms with E-state index in [1.54, 1.807) is 0 Å². The van der Waals surface area contributed by atoms with Crippen LogP contribution in [0, 0.1) is 0 Å². The highest BCUT2D eigenvalue weighted by Crippen LogP contribution is 2.46. The van der Waals surface area contributed by atoms with Gasteiger partial charge in [-0.25, -0.2) is 0 Å². The van der Waals surface area contributed by atoms with Crippen LogP contribution in [0.25, 0.3) is 110 Å². The molecular weight excluding hydrogens is 823 g/mol. The van der Waals surface area contributed by atoms with Crippen LogP contribution in [0.15, 0.2) is 265 Å². The molecule has 0 saturated carbocycles. The van der Waals surface area contributed by atoms with Gasteiger partial charge in [-0.15, -0.1) is 0 Å². The summed E-state index contributed by atoms with van der Waals surface area (Å²) < 4.78 is 6.55. The molecule has 0 saturated heterocycles. The molecule has 12 aromatic carbocycles. The predicted octanol–water partition coefficient (Wildman–Crippen LogP) is 18.9. The number of rotatable bonds is 8. The molecular formula is C66H43NO. The van der Waals surface area contributed by atoms with Crippen LogP contribution in [0.2, 0.25) is 0 Å². The van der Waals surface area contributed by atoms with Crippen LogP contribution in [0.4, 0.5) is 17.1 Å². The molecule has 318 valence electrons. The van der Waals surface area contributed by atoms with Gasteiger partial charge in [-0.1, -0.05) is 206 Å².